The largest absolute Gasteiger partial charge is 0.493 e. The highest BCUT2D eigenvalue weighted by molar-refractivity contribution is 7.99. The fourth-order valence-electron chi connectivity index (χ4n) is 3.34. The molecule has 1 aromatic rings. The maximum atomic E-state index is 10.3. The van der Waals surface area contributed by atoms with Crippen molar-refractivity contribution in [1.29, 1.82) is 0 Å². The molecule has 0 amide bonds. The number of methoxy groups -OCH3 is 1. The second-order valence-electron chi connectivity index (χ2n) is 6.86. The molecule has 0 aromatic heterocycles. The van der Waals surface area contributed by atoms with Crippen molar-refractivity contribution < 1.29 is 14.6 Å². The van der Waals surface area contributed by atoms with Gasteiger partial charge in [-0.05, 0) is 24.1 Å². The van der Waals surface area contributed by atoms with Gasteiger partial charge in [0.25, 0.3) is 0 Å². The second-order valence-corrected chi connectivity index (χ2v) is 8.08. The normalized spacial score (nSPS) is 20.1. The monoisotopic (exact) mass is 378 g/mol. The number of hydrogen-bond donors (Lipinski definition) is 1. The predicted molar refractivity (Wildman–Crippen MR) is 107 cm³/mol. The van der Waals surface area contributed by atoms with Crippen molar-refractivity contribution in [2.45, 2.75) is 19.1 Å². The zero-order valence-electron chi connectivity index (χ0n) is 15.6. The minimum Gasteiger partial charge on any atom is -0.493 e. The summed E-state index contributed by atoms with van der Waals surface area (Å²) < 4.78 is 11.3. The molecule has 6 heteroatoms. The van der Waals surface area contributed by atoms with Crippen LogP contribution in [0.4, 0.5) is 0 Å². The van der Waals surface area contributed by atoms with E-state index < -0.39 is 6.10 Å². The van der Waals surface area contributed by atoms with E-state index in [2.05, 4.69) is 34.1 Å². The van der Waals surface area contributed by atoms with Crippen LogP contribution < -0.4 is 9.47 Å². The van der Waals surface area contributed by atoms with Crippen LogP contribution in [0.1, 0.15) is 12.0 Å². The highest BCUT2D eigenvalue weighted by Gasteiger charge is 2.16. The van der Waals surface area contributed by atoms with Gasteiger partial charge in [-0.3, -0.25) is 9.80 Å². The molecule has 1 atom stereocenters. The van der Waals surface area contributed by atoms with Gasteiger partial charge >= 0.3 is 0 Å². The van der Waals surface area contributed by atoms with Gasteiger partial charge in [-0.15, -0.1) is 0 Å². The standard InChI is InChI=1S/C20H30N2O3S/c1-24-19-6-5-17(14-22-9-11-26-12-10-22)13-20(19)25-16-18(23)15-21-7-3-2-4-8-21/h2-3,5-6,13,18,23H,4,7-12,14-16H2,1H3. The van der Waals surface area contributed by atoms with E-state index in [1.54, 1.807) is 7.11 Å². The summed E-state index contributed by atoms with van der Waals surface area (Å²) in [6, 6.07) is 6.12. The molecule has 0 spiro atoms. The average Bonchev–Trinajstić information content (AvgIpc) is 2.68. The summed E-state index contributed by atoms with van der Waals surface area (Å²) in [5.41, 5.74) is 1.23. The topological polar surface area (TPSA) is 45.2 Å². The summed E-state index contributed by atoms with van der Waals surface area (Å²) in [7, 11) is 1.65. The fraction of sp³-hybridized carbons (Fsp3) is 0.600. The average molecular weight is 379 g/mol. The quantitative estimate of drug-likeness (QED) is 0.700. The molecule has 0 bridgehead atoms. The first-order valence-electron chi connectivity index (χ1n) is 9.40. The Balaban J connectivity index is 1.54. The number of aliphatic hydroxyl groups is 1. The number of benzene rings is 1. The van der Waals surface area contributed by atoms with Crippen LogP contribution in [0.3, 0.4) is 0 Å². The lowest BCUT2D eigenvalue weighted by Crippen LogP contribution is -2.37. The molecule has 2 aliphatic rings. The number of hydrogen-bond acceptors (Lipinski definition) is 6. The van der Waals surface area contributed by atoms with E-state index in [4.69, 9.17) is 9.47 Å². The number of aliphatic hydroxyl groups excluding tert-OH is 1. The summed E-state index contributed by atoms with van der Waals surface area (Å²) in [4.78, 5) is 4.72. The number of ether oxygens (including phenoxy) is 2. The van der Waals surface area contributed by atoms with Gasteiger partial charge in [-0.1, -0.05) is 18.2 Å². The van der Waals surface area contributed by atoms with Crippen molar-refractivity contribution in [1.82, 2.24) is 9.80 Å². The van der Waals surface area contributed by atoms with E-state index in [1.807, 2.05) is 17.8 Å². The minimum atomic E-state index is -0.506. The first-order chi connectivity index (χ1) is 12.7. The highest BCUT2D eigenvalue weighted by atomic mass is 32.2. The molecule has 1 N–H and O–H groups in total. The Morgan fingerprint density at radius 2 is 1.96 bits per heavy atom. The lowest BCUT2D eigenvalue weighted by molar-refractivity contribution is 0.0702. The lowest BCUT2D eigenvalue weighted by atomic mass is 10.2. The van der Waals surface area contributed by atoms with Gasteiger partial charge < -0.3 is 14.6 Å². The van der Waals surface area contributed by atoms with E-state index in [1.165, 1.54) is 17.1 Å². The third kappa shape index (κ3) is 5.91. The Hall–Kier alpha value is -1.21. The van der Waals surface area contributed by atoms with Crippen molar-refractivity contribution in [2.24, 2.45) is 0 Å². The van der Waals surface area contributed by atoms with E-state index in [9.17, 15) is 5.11 Å². The molecule has 5 nitrogen and oxygen atoms in total. The van der Waals surface area contributed by atoms with Crippen LogP contribution >= 0.6 is 11.8 Å². The van der Waals surface area contributed by atoms with Crippen LogP contribution in [0, 0.1) is 0 Å². The van der Waals surface area contributed by atoms with Gasteiger partial charge in [-0.2, -0.15) is 11.8 Å². The number of nitrogens with zero attached hydrogens (tertiary/aromatic N) is 2. The smallest absolute Gasteiger partial charge is 0.161 e. The van der Waals surface area contributed by atoms with Crippen LogP contribution in [0.25, 0.3) is 0 Å². The number of rotatable bonds is 8. The van der Waals surface area contributed by atoms with Crippen LogP contribution in [0.2, 0.25) is 0 Å². The predicted octanol–water partition coefficient (Wildman–Crippen LogP) is 2.25. The molecular formula is C20H30N2O3S. The molecular weight excluding hydrogens is 348 g/mol. The molecule has 1 fully saturated rings. The number of β-amino-alcohol motifs (C(OH)–C–C–N with tert-alkyl or cyclic N) is 1. The molecule has 2 aliphatic heterocycles. The molecule has 1 saturated heterocycles. The van der Waals surface area contributed by atoms with Gasteiger partial charge in [0.15, 0.2) is 11.5 Å². The molecule has 144 valence electrons. The molecule has 1 unspecified atom stereocenters. The molecule has 0 aliphatic carbocycles. The Morgan fingerprint density at radius 1 is 1.12 bits per heavy atom. The zero-order chi connectivity index (χ0) is 18.2. The van der Waals surface area contributed by atoms with E-state index >= 15 is 0 Å². The van der Waals surface area contributed by atoms with Crippen LogP contribution in [-0.4, -0.2) is 79.0 Å². The summed E-state index contributed by atoms with van der Waals surface area (Å²) in [6.45, 7) is 6.03. The van der Waals surface area contributed by atoms with Crippen LogP contribution in [-0.2, 0) is 6.54 Å². The van der Waals surface area contributed by atoms with E-state index in [0.29, 0.717) is 12.3 Å². The third-order valence-electron chi connectivity index (χ3n) is 4.78. The van der Waals surface area contributed by atoms with Crippen LogP contribution in [0.15, 0.2) is 30.4 Å². The summed E-state index contributed by atoms with van der Waals surface area (Å²) >= 11 is 2.02. The summed E-state index contributed by atoms with van der Waals surface area (Å²) in [5, 5.41) is 10.3. The highest BCUT2D eigenvalue weighted by Crippen LogP contribution is 2.29. The molecule has 3 rings (SSSR count). The molecule has 1 aromatic carbocycles. The van der Waals surface area contributed by atoms with Crippen LogP contribution in [0.5, 0.6) is 11.5 Å². The fourth-order valence-corrected chi connectivity index (χ4v) is 4.32. The van der Waals surface area contributed by atoms with Gasteiger partial charge in [0.2, 0.25) is 0 Å². The Morgan fingerprint density at radius 3 is 2.69 bits per heavy atom. The SMILES string of the molecule is COc1ccc(CN2CCSCC2)cc1OCC(O)CN1CC=CCC1. The van der Waals surface area contributed by atoms with Crippen molar-refractivity contribution >= 4 is 11.8 Å². The van der Waals surface area contributed by atoms with Crippen molar-refractivity contribution in [3.8, 4) is 11.5 Å². The van der Waals surface area contributed by atoms with Gasteiger partial charge in [0, 0.05) is 50.8 Å². The maximum Gasteiger partial charge on any atom is 0.161 e. The summed E-state index contributed by atoms with van der Waals surface area (Å²) in [6.07, 6.45) is 4.90. The van der Waals surface area contributed by atoms with Crippen molar-refractivity contribution in [3.63, 3.8) is 0 Å². The second kappa shape index (κ2) is 10.2. The molecule has 0 saturated carbocycles. The Kier molecular flexibility index (Phi) is 7.68. The first kappa shape index (κ1) is 19.5. The zero-order valence-corrected chi connectivity index (χ0v) is 16.4. The van der Waals surface area contributed by atoms with Gasteiger partial charge in [-0.25, -0.2) is 0 Å². The van der Waals surface area contributed by atoms with Crippen molar-refractivity contribution in [3.05, 3.63) is 35.9 Å². The van der Waals surface area contributed by atoms with Crippen molar-refractivity contribution in [2.75, 3.05) is 57.9 Å². The van der Waals surface area contributed by atoms with E-state index in [0.717, 1.165) is 44.9 Å². The van der Waals surface area contributed by atoms with Gasteiger partial charge in [0.05, 0.1) is 7.11 Å². The Bertz CT molecular complexity index is 590. The van der Waals surface area contributed by atoms with Gasteiger partial charge in [0.1, 0.15) is 12.7 Å². The van der Waals surface area contributed by atoms with E-state index in [-0.39, 0.29) is 6.61 Å². The summed E-state index contributed by atoms with van der Waals surface area (Å²) in [5.74, 6) is 3.85. The molecule has 26 heavy (non-hydrogen) atoms. The minimum absolute atomic E-state index is 0.278. The lowest BCUT2D eigenvalue weighted by Gasteiger charge is -2.27. The Labute approximate surface area is 161 Å². The molecule has 0 radical (unpaired) electrons. The third-order valence-corrected chi connectivity index (χ3v) is 5.72. The maximum absolute atomic E-state index is 10.3. The first-order valence-corrected chi connectivity index (χ1v) is 10.6. The number of thioether (sulfide) groups is 1. The molecule has 2 heterocycles.